The SMILES string of the molecule is CC1(C)CCC2(CC1)OCC1CC12CS(=O)(=O)Cl. The largest absolute Gasteiger partial charge is 0.374 e. The van der Waals surface area contributed by atoms with Crippen molar-refractivity contribution in [1.29, 1.82) is 0 Å². The molecule has 1 spiro atoms. The number of ether oxygens (including phenoxy) is 1. The van der Waals surface area contributed by atoms with E-state index in [1.165, 1.54) is 0 Å². The molecule has 5 heteroatoms. The standard InChI is InChI=1S/C13H21ClO3S/c1-11(2)3-5-13(6-4-11)12(9-18(14,15)16)7-10(12)8-17-13/h10H,3-9H2,1-2H3. The molecule has 1 aliphatic heterocycles. The second-order valence-corrected chi connectivity index (χ2v) is 9.99. The van der Waals surface area contributed by atoms with Crippen molar-refractivity contribution in [3.05, 3.63) is 0 Å². The zero-order valence-electron chi connectivity index (χ0n) is 11.0. The zero-order valence-corrected chi connectivity index (χ0v) is 12.6. The van der Waals surface area contributed by atoms with Gasteiger partial charge in [-0.3, -0.25) is 0 Å². The van der Waals surface area contributed by atoms with Gasteiger partial charge in [0, 0.05) is 16.1 Å². The van der Waals surface area contributed by atoms with Gasteiger partial charge in [-0.05, 0) is 43.4 Å². The van der Waals surface area contributed by atoms with Crippen molar-refractivity contribution in [3.63, 3.8) is 0 Å². The van der Waals surface area contributed by atoms with Crippen molar-refractivity contribution in [2.75, 3.05) is 12.4 Å². The third-order valence-electron chi connectivity index (χ3n) is 5.54. The number of rotatable bonds is 2. The van der Waals surface area contributed by atoms with Gasteiger partial charge in [-0.1, -0.05) is 13.8 Å². The molecule has 2 saturated carbocycles. The molecule has 2 unspecified atom stereocenters. The summed E-state index contributed by atoms with van der Waals surface area (Å²) < 4.78 is 29.0. The van der Waals surface area contributed by atoms with Gasteiger partial charge in [0.05, 0.1) is 18.0 Å². The third kappa shape index (κ3) is 1.92. The second-order valence-electron chi connectivity index (χ2n) is 7.21. The van der Waals surface area contributed by atoms with Crippen LogP contribution in [0.1, 0.15) is 46.0 Å². The summed E-state index contributed by atoms with van der Waals surface area (Å²) in [6.45, 7) is 5.29. The maximum Gasteiger partial charge on any atom is 0.233 e. The molecular weight excluding hydrogens is 272 g/mol. The average Bonchev–Trinajstić information content (AvgIpc) is 2.83. The average molecular weight is 293 g/mol. The van der Waals surface area contributed by atoms with Crippen molar-refractivity contribution in [1.82, 2.24) is 0 Å². The molecule has 1 saturated heterocycles. The lowest BCUT2D eigenvalue weighted by Crippen LogP contribution is -2.46. The lowest BCUT2D eigenvalue weighted by Gasteiger charge is -2.45. The van der Waals surface area contributed by atoms with Crippen LogP contribution in [0.2, 0.25) is 0 Å². The zero-order chi connectivity index (χ0) is 13.2. The molecule has 3 aliphatic rings. The summed E-state index contributed by atoms with van der Waals surface area (Å²) >= 11 is 0. The Hall–Kier alpha value is 0.200. The highest BCUT2D eigenvalue weighted by molar-refractivity contribution is 8.13. The minimum Gasteiger partial charge on any atom is -0.374 e. The minimum atomic E-state index is -3.44. The predicted molar refractivity (Wildman–Crippen MR) is 71.1 cm³/mol. The third-order valence-corrected chi connectivity index (χ3v) is 6.73. The molecular formula is C13H21ClO3S. The fourth-order valence-corrected chi connectivity index (χ4v) is 5.97. The summed E-state index contributed by atoms with van der Waals surface area (Å²) in [7, 11) is 2.07. The lowest BCUT2D eigenvalue weighted by atomic mass is 9.66. The fraction of sp³-hybridized carbons (Fsp3) is 1.00. The maximum atomic E-state index is 11.5. The fourth-order valence-electron chi connectivity index (χ4n) is 4.15. The number of hydrogen-bond acceptors (Lipinski definition) is 3. The van der Waals surface area contributed by atoms with E-state index in [0.29, 0.717) is 11.3 Å². The molecule has 18 heavy (non-hydrogen) atoms. The summed E-state index contributed by atoms with van der Waals surface area (Å²) in [4.78, 5) is 0. The van der Waals surface area contributed by atoms with Crippen LogP contribution < -0.4 is 0 Å². The molecule has 0 N–H and O–H groups in total. The van der Waals surface area contributed by atoms with E-state index < -0.39 is 9.05 Å². The van der Waals surface area contributed by atoms with E-state index in [1.54, 1.807) is 0 Å². The summed E-state index contributed by atoms with van der Waals surface area (Å²) in [6.07, 6.45) is 5.19. The first-order chi connectivity index (χ1) is 8.18. The van der Waals surface area contributed by atoms with Crippen LogP contribution in [0.3, 0.4) is 0 Å². The molecule has 0 amide bonds. The van der Waals surface area contributed by atoms with Gasteiger partial charge < -0.3 is 4.74 Å². The molecule has 3 fully saturated rings. The molecule has 104 valence electrons. The van der Waals surface area contributed by atoms with Crippen molar-refractivity contribution in [2.24, 2.45) is 16.7 Å². The highest BCUT2D eigenvalue weighted by atomic mass is 35.7. The van der Waals surface area contributed by atoms with Gasteiger partial charge >= 0.3 is 0 Å². The number of halogens is 1. The van der Waals surface area contributed by atoms with Crippen LogP contribution in [0, 0.1) is 16.7 Å². The van der Waals surface area contributed by atoms with Crippen molar-refractivity contribution in [2.45, 2.75) is 51.6 Å². The molecule has 0 bridgehead atoms. The van der Waals surface area contributed by atoms with Crippen LogP contribution in [0.25, 0.3) is 0 Å². The monoisotopic (exact) mass is 292 g/mol. The van der Waals surface area contributed by atoms with Gasteiger partial charge in [-0.15, -0.1) is 0 Å². The predicted octanol–water partition coefficient (Wildman–Crippen LogP) is 2.93. The molecule has 3 nitrogen and oxygen atoms in total. The Labute approximate surface area is 114 Å². The Morgan fingerprint density at radius 1 is 1.22 bits per heavy atom. The molecule has 0 aromatic carbocycles. The highest BCUT2D eigenvalue weighted by Gasteiger charge is 2.73. The normalized spacial score (nSPS) is 40.7. The first-order valence-corrected chi connectivity index (χ1v) is 9.22. The molecule has 2 atom stereocenters. The summed E-state index contributed by atoms with van der Waals surface area (Å²) in [5.74, 6) is 0.527. The van der Waals surface area contributed by atoms with E-state index in [0.717, 1.165) is 38.7 Å². The van der Waals surface area contributed by atoms with Gasteiger partial charge in [0.2, 0.25) is 9.05 Å². The van der Waals surface area contributed by atoms with E-state index in [4.69, 9.17) is 15.4 Å². The Morgan fingerprint density at radius 3 is 2.33 bits per heavy atom. The summed E-state index contributed by atoms with van der Waals surface area (Å²) in [5.41, 5.74) is 0.00183. The van der Waals surface area contributed by atoms with Crippen molar-refractivity contribution in [3.8, 4) is 0 Å². The van der Waals surface area contributed by atoms with Gasteiger partial charge in [0.1, 0.15) is 0 Å². The van der Waals surface area contributed by atoms with Crippen LogP contribution in [0.4, 0.5) is 0 Å². The summed E-state index contributed by atoms with van der Waals surface area (Å²) in [5, 5.41) is 0. The van der Waals surface area contributed by atoms with E-state index >= 15 is 0 Å². The number of fused-ring (bicyclic) bond motifs is 2. The molecule has 1 heterocycles. The maximum absolute atomic E-state index is 11.5. The highest BCUT2D eigenvalue weighted by Crippen LogP contribution is 2.70. The smallest absolute Gasteiger partial charge is 0.233 e. The summed E-state index contributed by atoms with van der Waals surface area (Å²) in [6, 6.07) is 0. The van der Waals surface area contributed by atoms with E-state index in [9.17, 15) is 8.42 Å². The molecule has 0 aromatic rings. The van der Waals surface area contributed by atoms with Crippen LogP contribution in [-0.2, 0) is 13.8 Å². The Bertz CT molecular complexity index is 461. The van der Waals surface area contributed by atoms with E-state index in [-0.39, 0.29) is 16.8 Å². The first-order valence-electron chi connectivity index (χ1n) is 6.75. The van der Waals surface area contributed by atoms with Crippen molar-refractivity contribution < 1.29 is 13.2 Å². The Balaban J connectivity index is 1.85. The quantitative estimate of drug-likeness (QED) is 0.735. The number of hydrogen-bond donors (Lipinski definition) is 0. The van der Waals surface area contributed by atoms with E-state index in [1.807, 2.05) is 0 Å². The van der Waals surface area contributed by atoms with Crippen LogP contribution in [0.5, 0.6) is 0 Å². The molecule has 0 radical (unpaired) electrons. The van der Waals surface area contributed by atoms with Crippen molar-refractivity contribution >= 4 is 19.7 Å². The Morgan fingerprint density at radius 2 is 1.83 bits per heavy atom. The van der Waals surface area contributed by atoms with Crippen LogP contribution >= 0.6 is 10.7 Å². The Kier molecular flexibility index (Phi) is 2.67. The topological polar surface area (TPSA) is 43.4 Å². The van der Waals surface area contributed by atoms with Gasteiger partial charge in [0.15, 0.2) is 0 Å². The van der Waals surface area contributed by atoms with Gasteiger partial charge in [0.25, 0.3) is 0 Å². The van der Waals surface area contributed by atoms with Gasteiger partial charge in [-0.25, -0.2) is 8.42 Å². The van der Waals surface area contributed by atoms with Gasteiger partial charge in [-0.2, -0.15) is 0 Å². The second kappa shape index (κ2) is 3.64. The van der Waals surface area contributed by atoms with E-state index in [2.05, 4.69) is 13.8 Å². The molecule has 3 rings (SSSR count). The van der Waals surface area contributed by atoms with Crippen LogP contribution in [0.15, 0.2) is 0 Å². The molecule has 2 aliphatic carbocycles. The first kappa shape index (κ1) is 13.2. The minimum absolute atomic E-state index is 0.104. The lowest BCUT2D eigenvalue weighted by molar-refractivity contribution is -0.0925. The molecule has 0 aromatic heterocycles. The van der Waals surface area contributed by atoms with Crippen LogP contribution in [-0.4, -0.2) is 26.4 Å².